The van der Waals surface area contributed by atoms with E-state index in [0.29, 0.717) is 11.8 Å². The summed E-state index contributed by atoms with van der Waals surface area (Å²) in [6, 6.07) is 17.1. The number of H-pyrrole nitrogens is 1. The van der Waals surface area contributed by atoms with Gasteiger partial charge in [-0.05, 0) is 81.3 Å². The lowest BCUT2D eigenvalue weighted by atomic mass is 9.58. The highest BCUT2D eigenvalue weighted by atomic mass is 16.6. The highest BCUT2D eigenvalue weighted by Gasteiger charge is 2.53. The topological polar surface area (TPSA) is 58.2 Å². The van der Waals surface area contributed by atoms with Gasteiger partial charge in [0.25, 0.3) is 0 Å². The number of carbonyl (C=O) groups is 1. The van der Waals surface area contributed by atoms with Gasteiger partial charge in [-0.1, -0.05) is 36.4 Å². The fourth-order valence-corrected chi connectivity index (χ4v) is 6.37. The molecule has 4 aliphatic rings. The van der Waals surface area contributed by atoms with Gasteiger partial charge in [0.15, 0.2) is 0 Å². The van der Waals surface area contributed by atoms with Crippen LogP contribution in [0.15, 0.2) is 48.5 Å². The predicted molar refractivity (Wildman–Crippen MR) is 134 cm³/mol. The van der Waals surface area contributed by atoms with Gasteiger partial charge >= 0.3 is 5.97 Å². The molecule has 1 aromatic heterocycles. The van der Waals surface area contributed by atoms with E-state index in [0.717, 1.165) is 74.9 Å². The molecular formula is C29H35N3O2. The Morgan fingerprint density at radius 2 is 1.85 bits per heavy atom. The summed E-state index contributed by atoms with van der Waals surface area (Å²) < 4.78 is 6.47. The molecule has 0 amide bonds. The predicted octanol–water partition coefficient (Wildman–Crippen LogP) is 5.57. The number of ether oxygens (including phenoxy) is 1. The number of nitrogens with zero attached hydrogens (tertiary/aromatic N) is 2. The van der Waals surface area contributed by atoms with Crippen LogP contribution in [0, 0.1) is 5.92 Å². The van der Waals surface area contributed by atoms with Gasteiger partial charge in [0.05, 0.1) is 17.0 Å². The number of aryl methyl sites for hydroxylation is 1. The lowest BCUT2D eigenvalue weighted by molar-refractivity contribution is -0.171. The molecule has 3 aromatic rings. The number of carbonyl (C=O) groups excluding carboxylic acids is 1. The Hall–Kier alpha value is -2.66. The zero-order chi connectivity index (χ0) is 23.1. The van der Waals surface area contributed by atoms with Crippen LogP contribution in [0.2, 0.25) is 0 Å². The van der Waals surface area contributed by atoms with Crippen molar-refractivity contribution in [3.05, 3.63) is 65.5 Å². The van der Waals surface area contributed by atoms with Gasteiger partial charge in [-0.2, -0.15) is 0 Å². The number of esters is 1. The number of fused-ring (bicyclic) bond motifs is 3. The van der Waals surface area contributed by atoms with E-state index >= 15 is 0 Å². The van der Waals surface area contributed by atoms with Crippen LogP contribution in [-0.2, 0) is 16.0 Å². The number of para-hydroxylation sites is 2. The number of hydrogen-bond donors (Lipinski definition) is 1. The van der Waals surface area contributed by atoms with Crippen LogP contribution in [0.3, 0.4) is 0 Å². The Morgan fingerprint density at radius 3 is 2.68 bits per heavy atom. The summed E-state index contributed by atoms with van der Waals surface area (Å²) in [5.41, 5.74) is 4.73. The molecule has 5 nitrogen and oxygen atoms in total. The molecule has 5 heteroatoms. The summed E-state index contributed by atoms with van der Waals surface area (Å²) in [5, 5.41) is 0. The van der Waals surface area contributed by atoms with Crippen LogP contribution in [-0.4, -0.2) is 46.6 Å². The number of rotatable bonds is 9. The van der Waals surface area contributed by atoms with Crippen LogP contribution >= 0.6 is 0 Å². The van der Waals surface area contributed by atoms with Crippen molar-refractivity contribution in [2.45, 2.75) is 68.8 Å². The van der Waals surface area contributed by atoms with Gasteiger partial charge in [0.2, 0.25) is 0 Å². The Morgan fingerprint density at radius 1 is 1.06 bits per heavy atom. The maximum Gasteiger partial charge on any atom is 0.309 e. The number of hydrogen-bond acceptors (Lipinski definition) is 4. The Labute approximate surface area is 201 Å². The van der Waals surface area contributed by atoms with Crippen molar-refractivity contribution in [3.8, 4) is 0 Å². The lowest BCUT2D eigenvalue weighted by Crippen LogP contribution is -2.50. The first-order valence-electron chi connectivity index (χ1n) is 13.1. The van der Waals surface area contributed by atoms with E-state index in [9.17, 15) is 4.79 Å². The third-order valence-corrected chi connectivity index (χ3v) is 8.37. The lowest BCUT2D eigenvalue weighted by Gasteiger charge is -2.52. The van der Waals surface area contributed by atoms with Gasteiger partial charge in [-0.15, -0.1) is 0 Å². The van der Waals surface area contributed by atoms with E-state index in [1.165, 1.54) is 17.5 Å². The summed E-state index contributed by atoms with van der Waals surface area (Å²) in [5.74, 6) is 2.12. The van der Waals surface area contributed by atoms with Crippen molar-refractivity contribution < 1.29 is 9.53 Å². The maximum atomic E-state index is 12.9. The first-order valence-corrected chi connectivity index (χ1v) is 13.1. The van der Waals surface area contributed by atoms with Crippen molar-refractivity contribution in [2.24, 2.45) is 5.92 Å². The Kier molecular flexibility index (Phi) is 5.68. The monoisotopic (exact) mass is 457 g/mol. The summed E-state index contributed by atoms with van der Waals surface area (Å²) >= 11 is 0. The molecule has 1 N–H and O–H groups in total. The maximum absolute atomic E-state index is 12.9. The fraction of sp³-hybridized carbons (Fsp3) is 0.517. The summed E-state index contributed by atoms with van der Waals surface area (Å²) in [6.45, 7) is 1.96. The summed E-state index contributed by atoms with van der Waals surface area (Å²) in [7, 11) is 2.20. The summed E-state index contributed by atoms with van der Waals surface area (Å²) in [6.07, 6.45) is 8.26. The van der Waals surface area contributed by atoms with Crippen LogP contribution in [0.4, 0.5) is 0 Å². The van der Waals surface area contributed by atoms with E-state index in [4.69, 9.17) is 9.72 Å². The normalized spacial score (nSPS) is 25.6. The minimum absolute atomic E-state index is 0.0533. The molecule has 0 unspecified atom stereocenters. The highest BCUT2D eigenvalue weighted by Crippen LogP contribution is 2.57. The number of aromatic amines is 1. The zero-order valence-corrected chi connectivity index (χ0v) is 20.1. The summed E-state index contributed by atoms with van der Waals surface area (Å²) in [4.78, 5) is 23.4. The molecule has 3 atom stereocenters. The smallest absolute Gasteiger partial charge is 0.309 e. The van der Waals surface area contributed by atoms with Gasteiger partial charge in [-0.3, -0.25) is 4.79 Å². The minimum Gasteiger partial charge on any atom is -0.458 e. The molecule has 0 radical (unpaired) electrons. The van der Waals surface area contributed by atoms with Gasteiger partial charge in [-0.25, -0.2) is 4.98 Å². The second-order valence-electron chi connectivity index (χ2n) is 10.8. The average Bonchev–Trinajstić information content (AvgIpc) is 3.63. The average molecular weight is 458 g/mol. The fourth-order valence-electron chi connectivity index (χ4n) is 6.37. The van der Waals surface area contributed by atoms with Crippen LogP contribution in [0.1, 0.15) is 73.7 Å². The molecule has 2 fully saturated rings. The van der Waals surface area contributed by atoms with Gasteiger partial charge in [0.1, 0.15) is 11.4 Å². The number of aromatic nitrogens is 2. The first-order chi connectivity index (χ1) is 16.6. The van der Waals surface area contributed by atoms with E-state index < -0.39 is 0 Å². The zero-order valence-electron chi connectivity index (χ0n) is 20.1. The third-order valence-electron chi connectivity index (χ3n) is 8.37. The molecule has 178 valence electrons. The highest BCUT2D eigenvalue weighted by molar-refractivity contribution is 5.76. The molecule has 1 heterocycles. The Bertz CT molecular complexity index is 1150. The third kappa shape index (κ3) is 4.15. The minimum atomic E-state index is -0.343. The molecule has 2 saturated carbocycles. The van der Waals surface area contributed by atoms with Crippen LogP contribution in [0.25, 0.3) is 11.0 Å². The van der Waals surface area contributed by atoms with Crippen molar-refractivity contribution in [1.29, 1.82) is 0 Å². The molecule has 2 aromatic carbocycles. The second-order valence-corrected chi connectivity index (χ2v) is 10.8. The van der Waals surface area contributed by atoms with Crippen LogP contribution in [0.5, 0.6) is 0 Å². The van der Waals surface area contributed by atoms with E-state index in [2.05, 4.69) is 53.3 Å². The van der Waals surface area contributed by atoms with Gasteiger partial charge in [0, 0.05) is 25.3 Å². The SMILES string of the molecule is CN(CCCc1nc2ccccc2[nH]1)CC[C@]1(OC(=O)C2CC2)C[C@H]2CC[C@H]1c1ccccc12. The molecule has 34 heavy (non-hydrogen) atoms. The number of imidazole rings is 1. The quantitative estimate of drug-likeness (QED) is 0.427. The van der Waals surface area contributed by atoms with Crippen LogP contribution < -0.4 is 0 Å². The molecule has 4 aliphatic carbocycles. The molecule has 0 aliphatic heterocycles. The van der Waals surface area contributed by atoms with Crippen molar-refractivity contribution >= 4 is 17.0 Å². The first kappa shape index (κ1) is 21.8. The van der Waals surface area contributed by atoms with E-state index in [1.807, 2.05) is 12.1 Å². The standard InChI is InChI=1S/C29H35N3O2/c1-32(17-6-11-27-30-25-9-4-5-10-26(25)31-27)18-16-29(34-28(33)20-12-13-20)19-21-14-15-24(29)23-8-3-2-7-22(21)23/h2-5,7-10,20-21,24H,6,11-19H2,1H3,(H,30,31)/t21-,24+,29+/m1/s1. The van der Waals surface area contributed by atoms with E-state index in [1.54, 1.807) is 0 Å². The number of benzene rings is 2. The van der Waals surface area contributed by atoms with Crippen molar-refractivity contribution in [2.75, 3.05) is 20.1 Å². The van der Waals surface area contributed by atoms with Gasteiger partial charge < -0.3 is 14.6 Å². The molecule has 7 rings (SSSR count). The molecular weight excluding hydrogens is 422 g/mol. The Balaban J connectivity index is 1.11. The van der Waals surface area contributed by atoms with Crippen molar-refractivity contribution in [3.63, 3.8) is 0 Å². The molecule has 2 bridgehead atoms. The largest absolute Gasteiger partial charge is 0.458 e. The van der Waals surface area contributed by atoms with Crippen molar-refractivity contribution in [1.82, 2.24) is 14.9 Å². The second kappa shape index (κ2) is 8.84. The molecule has 0 spiro atoms. The molecule has 0 saturated heterocycles. The van der Waals surface area contributed by atoms with E-state index in [-0.39, 0.29) is 17.5 Å². The number of nitrogens with one attached hydrogen (secondary N) is 1.